The van der Waals surface area contributed by atoms with Crippen molar-refractivity contribution in [2.45, 2.75) is 46.3 Å². The monoisotopic (exact) mass is 348 g/mol. The average molecular weight is 348 g/mol. The van der Waals surface area contributed by atoms with Crippen LogP contribution >= 0.6 is 0 Å². The highest BCUT2D eigenvalue weighted by Gasteiger charge is 2.15. The largest absolute Gasteiger partial charge is 0.444 e. The topological polar surface area (TPSA) is 66.0 Å². The molecule has 1 aromatic rings. The number of benzene rings is 1. The first-order valence-corrected chi connectivity index (χ1v) is 8.66. The van der Waals surface area contributed by atoms with Gasteiger partial charge < -0.3 is 20.3 Å². The summed E-state index contributed by atoms with van der Waals surface area (Å²) in [5.74, 6) is 0.834. The Morgan fingerprint density at radius 2 is 1.84 bits per heavy atom. The first-order valence-electron chi connectivity index (χ1n) is 8.66. The molecule has 0 fully saturated rings. The number of amides is 1. The number of hydrogen-bond acceptors (Lipinski definition) is 3. The number of rotatable bonds is 6. The van der Waals surface area contributed by atoms with Crippen LogP contribution in [-0.4, -0.2) is 49.7 Å². The minimum Gasteiger partial charge on any atom is -0.444 e. The number of carbonyl (C=O) groups excluding carboxylic acids is 1. The summed E-state index contributed by atoms with van der Waals surface area (Å²) in [5, 5.41) is 6.07. The molecule has 0 atom stereocenters. The zero-order valence-corrected chi connectivity index (χ0v) is 16.3. The van der Waals surface area contributed by atoms with Gasteiger partial charge in [0.05, 0.1) is 0 Å². The minimum absolute atomic E-state index is 0.381. The summed E-state index contributed by atoms with van der Waals surface area (Å²) in [6.45, 7) is 9.73. The zero-order valence-electron chi connectivity index (χ0n) is 16.3. The van der Waals surface area contributed by atoms with Gasteiger partial charge >= 0.3 is 6.09 Å². The molecule has 0 saturated carbocycles. The van der Waals surface area contributed by atoms with Gasteiger partial charge in [-0.05, 0) is 45.2 Å². The van der Waals surface area contributed by atoms with Gasteiger partial charge in [-0.1, -0.05) is 24.3 Å². The Labute approximate surface area is 151 Å². The lowest BCUT2D eigenvalue weighted by molar-refractivity contribution is 0.0527. The SMILES string of the molecule is CN=C(NCCCNC(=O)OC(C)(C)C)N(C)Cc1ccccc1C. The van der Waals surface area contributed by atoms with E-state index >= 15 is 0 Å². The molecule has 25 heavy (non-hydrogen) atoms. The Morgan fingerprint density at radius 1 is 1.20 bits per heavy atom. The molecule has 0 aliphatic rings. The fourth-order valence-electron chi connectivity index (χ4n) is 2.30. The quantitative estimate of drug-likeness (QED) is 0.471. The number of hydrogen-bond donors (Lipinski definition) is 2. The molecule has 0 radical (unpaired) electrons. The Morgan fingerprint density at radius 3 is 2.44 bits per heavy atom. The third kappa shape index (κ3) is 8.42. The minimum atomic E-state index is -0.470. The Kier molecular flexibility index (Phi) is 8.25. The first kappa shape index (κ1) is 20.8. The molecule has 140 valence electrons. The zero-order chi connectivity index (χ0) is 18.9. The number of guanidine groups is 1. The van der Waals surface area contributed by atoms with Crippen LogP contribution in [0, 0.1) is 6.92 Å². The van der Waals surface area contributed by atoms with Gasteiger partial charge in [-0.3, -0.25) is 4.99 Å². The van der Waals surface area contributed by atoms with Crippen LogP contribution in [0.5, 0.6) is 0 Å². The smallest absolute Gasteiger partial charge is 0.407 e. The van der Waals surface area contributed by atoms with E-state index in [1.807, 2.05) is 33.9 Å². The van der Waals surface area contributed by atoms with Gasteiger partial charge in [0.2, 0.25) is 0 Å². The molecule has 0 saturated heterocycles. The Balaban J connectivity index is 2.32. The number of ether oxygens (including phenoxy) is 1. The molecular weight excluding hydrogens is 316 g/mol. The molecule has 0 aromatic heterocycles. The number of aryl methyl sites for hydroxylation is 1. The molecule has 6 heteroatoms. The maximum Gasteiger partial charge on any atom is 0.407 e. The van der Waals surface area contributed by atoms with E-state index in [9.17, 15) is 4.79 Å². The lowest BCUT2D eigenvalue weighted by atomic mass is 10.1. The van der Waals surface area contributed by atoms with E-state index < -0.39 is 5.60 Å². The van der Waals surface area contributed by atoms with Gasteiger partial charge in [-0.25, -0.2) is 4.79 Å². The molecule has 0 unspecified atom stereocenters. The highest BCUT2D eigenvalue weighted by Crippen LogP contribution is 2.09. The summed E-state index contributed by atoms with van der Waals surface area (Å²) in [7, 11) is 3.79. The van der Waals surface area contributed by atoms with Crippen molar-refractivity contribution in [3.63, 3.8) is 0 Å². The predicted octanol–water partition coefficient (Wildman–Crippen LogP) is 2.92. The summed E-state index contributed by atoms with van der Waals surface area (Å²) in [6, 6.07) is 8.34. The Bertz CT molecular complexity index is 579. The third-order valence-electron chi connectivity index (χ3n) is 3.55. The second-order valence-corrected chi connectivity index (χ2v) is 7.04. The van der Waals surface area contributed by atoms with Gasteiger partial charge in [-0.15, -0.1) is 0 Å². The number of alkyl carbamates (subject to hydrolysis) is 1. The normalized spacial score (nSPS) is 11.8. The molecule has 0 bridgehead atoms. The van der Waals surface area contributed by atoms with Crippen molar-refractivity contribution >= 4 is 12.1 Å². The van der Waals surface area contributed by atoms with Crippen LogP contribution < -0.4 is 10.6 Å². The highest BCUT2D eigenvalue weighted by atomic mass is 16.6. The van der Waals surface area contributed by atoms with Crippen molar-refractivity contribution in [3.8, 4) is 0 Å². The van der Waals surface area contributed by atoms with Gasteiger partial charge in [-0.2, -0.15) is 0 Å². The summed E-state index contributed by atoms with van der Waals surface area (Å²) < 4.78 is 5.20. The van der Waals surface area contributed by atoms with Crippen molar-refractivity contribution in [2.24, 2.45) is 4.99 Å². The Hall–Kier alpha value is -2.24. The summed E-state index contributed by atoms with van der Waals surface area (Å²) >= 11 is 0. The number of carbonyl (C=O) groups is 1. The fraction of sp³-hybridized carbons (Fsp3) is 0.579. The molecular formula is C19H32N4O2. The predicted molar refractivity (Wildman–Crippen MR) is 103 cm³/mol. The standard InChI is InChI=1S/C19H32N4O2/c1-15-10-7-8-11-16(15)14-23(6)17(20-5)21-12-9-13-22-18(24)25-19(2,3)4/h7-8,10-11H,9,12-14H2,1-6H3,(H,20,21)(H,22,24). The molecule has 6 nitrogen and oxygen atoms in total. The number of aliphatic imine (C=N–C) groups is 1. The van der Waals surface area contributed by atoms with Crippen LogP contribution in [0.3, 0.4) is 0 Å². The van der Waals surface area contributed by atoms with E-state index in [0.717, 1.165) is 25.5 Å². The van der Waals surface area contributed by atoms with Gasteiger partial charge in [0.1, 0.15) is 5.60 Å². The molecule has 2 N–H and O–H groups in total. The van der Waals surface area contributed by atoms with Crippen LogP contribution in [0.4, 0.5) is 4.79 Å². The van der Waals surface area contributed by atoms with Gasteiger partial charge in [0.15, 0.2) is 5.96 Å². The summed E-state index contributed by atoms with van der Waals surface area (Å²) in [6.07, 6.45) is 0.407. The molecule has 1 aromatic carbocycles. The molecule has 0 aliphatic carbocycles. The maximum absolute atomic E-state index is 11.6. The highest BCUT2D eigenvalue weighted by molar-refractivity contribution is 5.79. The molecule has 1 rings (SSSR count). The van der Waals surface area contributed by atoms with E-state index in [1.165, 1.54) is 11.1 Å². The van der Waals surface area contributed by atoms with E-state index in [-0.39, 0.29) is 6.09 Å². The molecule has 0 aliphatic heterocycles. The lowest BCUT2D eigenvalue weighted by Crippen LogP contribution is -2.40. The molecule has 0 spiro atoms. The molecule has 1 amide bonds. The van der Waals surface area contributed by atoms with E-state index in [1.54, 1.807) is 7.05 Å². The van der Waals surface area contributed by atoms with E-state index in [4.69, 9.17) is 4.74 Å². The van der Waals surface area contributed by atoms with Crippen molar-refractivity contribution in [1.82, 2.24) is 15.5 Å². The number of nitrogens with zero attached hydrogens (tertiary/aromatic N) is 2. The van der Waals surface area contributed by atoms with Gasteiger partial charge in [0.25, 0.3) is 0 Å². The summed E-state index contributed by atoms with van der Waals surface area (Å²) in [4.78, 5) is 18.0. The van der Waals surface area contributed by atoms with Gasteiger partial charge in [0, 0.05) is 33.7 Å². The summed E-state index contributed by atoms with van der Waals surface area (Å²) in [5.41, 5.74) is 2.08. The van der Waals surface area contributed by atoms with Crippen LogP contribution in [0.2, 0.25) is 0 Å². The van der Waals surface area contributed by atoms with Crippen LogP contribution in [0.15, 0.2) is 29.3 Å². The van der Waals surface area contributed by atoms with Crippen molar-refractivity contribution < 1.29 is 9.53 Å². The van der Waals surface area contributed by atoms with Crippen LogP contribution in [0.1, 0.15) is 38.3 Å². The van der Waals surface area contributed by atoms with Crippen molar-refractivity contribution in [1.29, 1.82) is 0 Å². The van der Waals surface area contributed by atoms with E-state index in [2.05, 4.69) is 45.6 Å². The van der Waals surface area contributed by atoms with E-state index in [0.29, 0.717) is 6.54 Å². The van der Waals surface area contributed by atoms with Crippen molar-refractivity contribution in [3.05, 3.63) is 35.4 Å². The maximum atomic E-state index is 11.6. The van der Waals surface area contributed by atoms with Crippen LogP contribution in [0.25, 0.3) is 0 Å². The van der Waals surface area contributed by atoms with Crippen LogP contribution in [-0.2, 0) is 11.3 Å². The third-order valence-corrected chi connectivity index (χ3v) is 3.55. The van der Waals surface area contributed by atoms with Crippen molar-refractivity contribution in [2.75, 3.05) is 27.2 Å². The average Bonchev–Trinajstić information content (AvgIpc) is 2.51. The lowest BCUT2D eigenvalue weighted by Gasteiger charge is -2.23. The fourth-order valence-corrected chi connectivity index (χ4v) is 2.30. The number of nitrogens with one attached hydrogen (secondary N) is 2. The second kappa shape index (κ2) is 9.91. The first-order chi connectivity index (χ1) is 11.7. The molecule has 0 heterocycles. The second-order valence-electron chi connectivity index (χ2n) is 7.04.